The molecular weight excluding hydrogens is 356 g/mol. The van der Waals surface area contributed by atoms with Crippen LogP contribution in [0.5, 0.6) is 11.5 Å². The highest BCUT2D eigenvalue weighted by Gasteiger charge is 2.32. The Hall–Kier alpha value is -3.12. The van der Waals surface area contributed by atoms with Crippen molar-refractivity contribution < 1.29 is 19.4 Å². The number of para-hydroxylation sites is 1. The highest BCUT2D eigenvalue weighted by Crippen LogP contribution is 2.37. The molecule has 6 nitrogen and oxygen atoms in total. The van der Waals surface area contributed by atoms with E-state index in [4.69, 9.17) is 9.47 Å². The maximum Gasteiger partial charge on any atom is 0.254 e. The molecule has 1 N–H and O–H groups in total. The van der Waals surface area contributed by atoms with Gasteiger partial charge in [-0.15, -0.1) is 0 Å². The summed E-state index contributed by atoms with van der Waals surface area (Å²) in [6, 6.07) is 15.1. The van der Waals surface area contributed by atoms with E-state index >= 15 is 0 Å². The molecule has 3 heterocycles. The lowest BCUT2D eigenvalue weighted by molar-refractivity contribution is 0.0383. The molecule has 2 aliphatic rings. The van der Waals surface area contributed by atoms with Gasteiger partial charge >= 0.3 is 0 Å². The van der Waals surface area contributed by atoms with Crippen LogP contribution in [0.4, 0.5) is 0 Å². The normalized spacial score (nSPS) is 21.1. The average molecular weight is 376 g/mol. The molecule has 142 valence electrons. The van der Waals surface area contributed by atoms with E-state index in [1.807, 2.05) is 42.5 Å². The number of amides is 1. The Bertz CT molecular complexity index is 1050. The van der Waals surface area contributed by atoms with Gasteiger partial charge in [0, 0.05) is 30.6 Å². The molecule has 2 unspecified atom stereocenters. The van der Waals surface area contributed by atoms with Crippen molar-refractivity contribution in [3.8, 4) is 11.5 Å². The van der Waals surface area contributed by atoms with Crippen molar-refractivity contribution in [2.45, 2.75) is 18.4 Å². The van der Waals surface area contributed by atoms with Crippen LogP contribution in [0.1, 0.15) is 28.3 Å². The molecule has 2 aromatic carbocycles. The summed E-state index contributed by atoms with van der Waals surface area (Å²) in [6.07, 6.45) is 1.71. The van der Waals surface area contributed by atoms with Gasteiger partial charge in [-0.25, -0.2) is 0 Å². The third-order valence-electron chi connectivity index (χ3n) is 5.57. The summed E-state index contributed by atoms with van der Waals surface area (Å²) < 4.78 is 10.8. The number of piperidine rings is 1. The first-order valence-electron chi connectivity index (χ1n) is 9.41. The van der Waals surface area contributed by atoms with Crippen molar-refractivity contribution in [2.75, 3.05) is 19.9 Å². The summed E-state index contributed by atoms with van der Waals surface area (Å²) in [5, 5.41) is 11.6. The average Bonchev–Trinajstić information content (AvgIpc) is 3.20. The molecule has 0 bridgehead atoms. The Morgan fingerprint density at radius 1 is 1.11 bits per heavy atom. The number of benzene rings is 2. The van der Waals surface area contributed by atoms with Gasteiger partial charge in [0.05, 0.1) is 17.2 Å². The van der Waals surface area contributed by atoms with Crippen LogP contribution in [-0.4, -0.2) is 46.9 Å². The van der Waals surface area contributed by atoms with E-state index in [1.54, 1.807) is 17.2 Å². The Morgan fingerprint density at radius 3 is 2.86 bits per heavy atom. The molecule has 0 aliphatic carbocycles. The number of likely N-dealkylation sites (tertiary alicyclic amines) is 1. The molecule has 1 amide bonds. The number of carbonyl (C=O) groups excluding carboxylic acids is 1. The van der Waals surface area contributed by atoms with Gasteiger partial charge in [-0.05, 0) is 36.2 Å². The second-order valence-electron chi connectivity index (χ2n) is 7.20. The molecular formula is C22H20N2O4. The topological polar surface area (TPSA) is 71.9 Å². The number of fused-ring (bicyclic) bond motifs is 2. The summed E-state index contributed by atoms with van der Waals surface area (Å²) in [4.78, 5) is 19.2. The van der Waals surface area contributed by atoms with Gasteiger partial charge in [0.15, 0.2) is 11.5 Å². The number of carbonyl (C=O) groups is 1. The Kier molecular flexibility index (Phi) is 4.13. The number of β-amino-alcohol motifs (C(OH)–C–C–N with tert-alkyl or cyclic N) is 1. The second kappa shape index (κ2) is 6.80. The first-order chi connectivity index (χ1) is 13.7. The maximum atomic E-state index is 13.1. The summed E-state index contributed by atoms with van der Waals surface area (Å²) >= 11 is 0. The minimum Gasteiger partial charge on any atom is -0.454 e. The number of aliphatic hydroxyl groups is 1. The van der Waals surface area contributed by atoms with Crippen LogP contribution in [0.2, 0.25) is 0 Å². The van der Waals surface area contributed by atoms with Crippen LogP contribution >= 0.6 is 0 Å². The minimum atomic E-state index is -0.633. The number of hydrogen-bond acceptors (Lipinski definition) is 5. The van der Waals surface area contributed by atoms with E-state index in [2.05, 4.69) is 4.98 Å². The number of aliphatic hydroxyl groups excluding tert-OH is 1. The third-order valence-corrected chi connectivity index (χ3v) is 5.57. The van der Waals surface area contributed by atoms with Crippen LogP contribution in [0.3, 0.4) is 0 Å². The monoisotopic (exact) mass is 376 g/mol. The lowest BCUT2D eigenvalue weighted by atomic mass is 9.86. The van der Waals surface area contributed by atoms with Crippen molar-refractivity contribution in [3.63, 3.8) is 0 Å². The molecule has 1 aromatic heterocycles. The molecule has 5 rings (SSSR count). The summed E-state index contributed by atoms with van der Waals surface area (Å²) in [5.41, 5.74) is 2.43. The van der Waals surface area contributed by atoms with E-state index < -0.39 is 6.10 Å². The Labute approximate surface area is 162 Å². The fourth-order valence-electron chi connectivity index (χ4n) is 4.10. The molecule has 1 fully saturated rings. The van der Waals surface area contributed by atoms with Gasteiger partial charge in [-0.1, -0.05) is 24.3 Å². The largest absolute Gasteiger partial charge is 0.454 e. The minimum absolute atomic E-state index is 0.0345. The predicted octanol–water partition coefficient (Wildman–Crippen LogP) is 2.95. The van der Waals surface area contributed by atoms with E-state index in [-0.39, 0.29) is 18.6 Å². The number of rotatable bonds is 2. The molecule has 2 atom stereocenters. The van der Waals surface area contributed by atoms with Gasteiger partial charge in [-0.2, -0.15) is 0 Å². The van der Waals surface area contributed by atoms with E-state index in [0.29, 0.717) is 30.8 Å². The van der Waals surface area contributed by atoms with Crippen LogP contribution < -0.4 is 9.47 Å². The van der Waals surface area contributed by atoms with Gasteiger partial charge < -0.3 is 19.5 Å². The highest BCUT2D eigenvalue weighted by molar-refractivity contribution is 6.06. The first kappa shape index (κ1) is 17.0. The SMILES string of the molecule is O=C(c1ccnc2ccccc12)N1CCC(c2ccc3c(c2)OCO3)C(O)C1. The zero-order valence-corrected chi connectivity index (χ0v) is 15.2. The lowest BCUT2D eigenvalue weighted by Gasteiger charge is -2.36. The highest BCUT2D eigenvalue weighted by atomic mass is 16.7. The molecule has 0 spiro atoms. The number of nitrogens with zero attached hydrogens (tertiary/aromatic N) is 2. The van der Waals surface area contributed by atoms with Crippen LogP contribution in [0.25, 0.3) is 10.9 Å². The number of hydrogen-bond donors (Lipinski definition) is 1. The predicted molar refractivity (Wildman–Crippen MR) is 104 cm³/mol. The Morgan fingerprint density at radius 2 is 1.96 bits per heavy atom. The van der Waals surface area contributed by atoms with E-state index in [9.17, 15) is 9.90 Å². The first-order valence-corrected chi connectivity index (χ1v) is 9.41. The standard InChI is InChI=1S/C22H20N2O4/c25-19-12-24(22(26)17-7-9-23-18-4-2-1-3-16(17)18)10-8-15(19)14-5-6-20-21(11-14)28-13-27-20/h1-7,9,11,15,19,25H,8,10,12-13H2. The van der Waals surface area contributed by atoms with Gasteiger partial charge in [0.1, 0.15) is 0 Å². The molecule has 2 aliphatic heterocycles. The Balaban J connectivity index is 1.36. The molecule has 28 heavy (non-hydrogen) atoms. The number of ether oxygens (including phenoxy) is 2. The zero-order chi connectivity index (χ0) is 19.1. The van der Waals surface area contributed by atoms with Gasteiger partial charge in [-0.3, -0.25) is 9.78 Å². The molecule has 1 saturated heterocycles. The van der Waals surface area contributed by atoms with Crippen LogP contribution in [0.15, 0.2) is 54.7 Å². The van der Waals surface area contributed by atoms with E-state index in [0.717, 1.165) is 22.2 Å². The van der Waals surface area contributed by atoms with Crippen molar-refractivity contribution >= 4 is 16.8 Å². The zero-order valence-electron chi connectivity index (χ0n) is 15.2. The quantitative estimate of drug-likeness (QED) is 0.745. The van der Waals surface area contributed by atoms with Crippen LogP contribution in [0, 0.1) is 0 Å². The summed E-state index contributed by atoms with van der Waals surface area (Å²) in [7, 11) is 0. The smallest absolute Gasteiger partial charge is 0.254 e. The summed E-state index contributed by atoms with van der Waals surface area (Å²) in [5.74, 6) is 1.34. The fraction of sp³-hybridized carbons (Fsp3) is 0.273. The molecule has 6 heteroatoms. The van der Waals surface area contributed by atoms with Gasteiger partial charge in [0.25, 0.3) is 5.91 Å². The van der Waals surface area contributed by atoms with Gasteiger partial charge in [0.2, 0.25) is 6.79 Å². The van der Waals surface area contributed by atoms with E-state index in [1.165, 1.54) is 0 Å². The third kappa shape index (κ3) is 2.86. The van der Waals surface area contributed by atoms with Crippen LogP contribution in [-0.2, 0) is 0 Å². The number of pyridine rings is 1. The fourth-order valence-corrected chi connectivity index (χ4v) is 4.10. The van der Waals surface area contributed by atoms with Crippen molar-refractivity contribution in [1.82, 2.24) is 9.88 Å². The van der Waals surface area contributed by atoms with Crippen molar-refractivity contribution in [3.05, 3.63) is 65.9 Å². The molecule has 0 radical (unpaired) electrons. The lowest BCUT2D eigenvalue weighted by Crippen LogP contribution is -2.45. The number of aromatic nitrogens is 1. The van der Waals surface area contributed by atoms with Crippen molar-refractivity contribution in [2.24, 2.45) is 0 Å². The molecule has 0 saturated carbocycles. The van der Waals surface area contributed by atoms with Crippen molar-refractivity contribution in [1.29, 1.82) is 0 Å². The second-order valence-corrected chi connectivity index (χ2v) is 7.20. The summed E-state index contributed by atoms with van der Waals surface area (Å²) in [6.45, 7) is 1.12. The molecule has 3 aromatic rings. The maximum absolute atomic E-state index is 13.1.